The van der Waals surface area contributed by atoms with Gasteiger partial charge in [0, 0.05) is 31.4 Å². The van der Waals surface area contributed by atoms with Crippen LogP contribution in [-0.4, -0.2) is 48.6 Å². The highest BCUT2D eigenvalue weighted by atomic mass is 16.2. The van der Waals surface area contributed by atoms with Crippen molar-refractivity contribution in [3.63, 3.8) is 0 Å². The van der Waals surface area contributed by atoms with Crippen LogP contribution in [-0.2, 0) is 11.3 Å². The van der Waals surface area contributed by atoms with Crippen LogP contribution in [0.3, 0.4) is 0 Å². The van der Waals surface area contributed by atoms with Gasteiger partial charge in [0.2, 0.25) is 5.91 Å². The Labute approximate surface area is 157 Å². The van der Waals surface area contributed by atoms with Crippen molar-refractivity contribution in [2.45, 2.75) is 53.6 Å². The molecule has 0 aliphatic heterocycles. The Kier molecular flexibility index (Phi) is 8.88. The zero-order valence-corrected chi connectivity index (χ0v) is 17.0. The molecule has 0 bridgehead atoms. The number of carbonyl (C=O) groups excluding carboxylic acids is 1. The van der Waals surface area contributed by atoms with Crippen LogP contribution in [0.5, 0.6) is 0 Å². The summed E-state index contributed by atoms with van der Waals surface area (Å²) in [7, 11) is 0. The first kappa shape index (κ1) is 21.7. The van der Waals surface area contributed by atoms with E-state index < -0.39 is 0 Å². The van der Waals surface area contributed by atoms with Crippen molar-refractivity contribution in [1.29, 1.82) is 0 Å². The second kappa shape index (κ2) is 10.6. The number of pyridine rings is 1. The fraction of sp³-hybridized carbons (Fsp3) is 0.632. The van der Waals surface area contributed by atoms with E-state index in [0.29, 0.717) is 12.5 Å². The molecule has 1 aromatic rings. The average molecular weight is 363 g/mol. The van der Waals surface area contributed by atoms with Gasteiger partial charge in [0.05, 0.1) is 13.1 Å². The predicted octanol–water partition coefficient (Wildman–Crippen LogP) is 1.90. The SMILES string of the molecule is CCNC(=NCc1ccc(N(CC)CC)nc1)NCC(=O)NC(C)(C)C. The number of nitrogens with one attached hydrogen (secondary N) is 3. The number of hydrogen-bond donors (Lipinski definition) is 3. The molecule has 1 heterocycles. The van der Waals surface area contributed by atoms with Crippen LogP contribution in [0.25, 0.3) is 0 Å². The highest BCUT2D eigenvalue weighted by Gasteiger charge is 2.13. The fourth-order valence-corrected chi connectivity index (χ4v) is 2.38. The second-order valence-electron chi connectivity index (χ2n) is 7.04. The van der Waals surface area contributed by atoms with E-state index >= 15 is 0 Å². The molecule has 0 unspecified atom stereocenters. The van der Waals surface area contributed by atoms with Crippen molar-refractivity contribution in [2.24, 2.45) is 4.99 Å². The van der Waals surface area contributed by atoms with Crippen molar-refractivity contribution in [3.8, 4) is 0 Å². The maximum Gasteiger partial charge on any atom is 0.239 e. The summed E-state index contributed by atoms with van der Waals surface area (Å²) in [5, 5.41) is 9.13. The van der Waals surface area contributed by atoms with Crippen molar-refractivity contribution < 1.29 is 4.79 Å². The summed E-state index contributed by atoms with van der Waals surface area (Å²) >= 11 is 0. The third-order valence-corrected chi connectivity index (χ3v) is 3.59. The Morgan fingerprint density at radius 1 is 1.15 bits per heavy atom. The predicted molar refractivity (Wildman–Crippen MR) is 109 cm³/mol. The molecular formula is C19H34N6O. The maximum absolute atomic E-state index is 11.9. The molecule has 1 aromatic heterocycles. The lowest BCUT2D eigenvalue weighted by molar-refractivity contribution is -0.121. The number of hydrogen-bond acceptors (Lipinski definition) is 4. The Balaban J connectivity index is 2.64. The molecule has 0 aromatic carbocycles. The lowest BCUT2D eigenvalue weighted by Crippen LogP contribution is -2.48. The van der Waals surface area contributed by atoms with Crippen molar-refractivity contribution in [2.75, 3.05) is 31.1 Å². The molecule has 7 heteroatoms. The number of anilines is 1. The summed E-state index contributed by atoms with van der Waals surface area (Å²) in [5.41, 5.74) is 0.782. The molecular weight excluding hydrogens is 328 g/mol. The number of nitrogens with zero attached hydrogens (tertiary/aromatic N) is 3. The van der Waals surface area contributed by atoms with Gasteiger partial charge in [-0.15, -0.1) is 0 Å². The summed E-state index contributed by atoms with van der Waals surface area (Å²) in [6.07, 6.45) is 1.85. The fourth-order valence-electron chi connectivity index (χ4n) is 2.38. The lowest BCUT2D eigenvalue weighted by atomic mass is 10.1. The average Bonchev–Trinajstić information content (AvgIpc) is 2.58. The third-order valence-electron chi connectivity index (χ3n) is 3.59. The summed E-state index contributed by atoms with van der Waals surface area (Å²) in [6, 6.07) is 4.06. The molecule has 0 radical (unpaired) electrons. The smallest absolute Gasteiger partial charge is 0.239 e. The molecule has 1 rings (SSSR count). The number of carbonyl (C=O) groups is 1. The number of rotatable bonds is 8. The first-order chi connectivity index (χ1) is 12.3. The Morgan fingerprint density at radius 3 is 2.35 bits per heavy atom. The molecule has 0 aliphatic carbocycles. The van der Waals surface area contributed by atoms with Crippen LogP contribution < -0.4 is 20.9 Å². The minimum absolute atomic E-state index is 0.0617. The van der Waals surface area contributed by atoms with Crippen LogP contribution in [0.15, 0.2) is 23.3 Å². The van der Waals surface area contributed by atoms with Gasteiger partial charge in [-0.2, -0.15) is 0 Å². The van der Waals surface area contributed by atoms with Gasteiger partial charge < -0.3 is 20.9 Å². The molecule has 3 N–H and O–H groups in total. The minimum atomic E-state index is -0.244. The van der Waals surface area contributed by atoms with Crippen LogP contribution in [0, 0.1) is 0 Å². The molecule has 0 aliphatic rings. The largest absolute Gasteiger partial charge is 0.357 e. The summed E-state index contributed by atoms with van der Waals surface area (Å²) in [6.45, 7) is 15.4. The number of aliphatic imine (C=N–C) groups is 1. The molecule has 7 nitrogen and oxygen atoms in total. The molecule has 1 amide bonds. The van der Waals surface area contributed by atoms with Crippen LogP contribution in [0.1, 0.15) is 47.1 Å². The zero-order valence-electron chi connectivity index (χ0n) is 17.0. The maximum atomic E-state index is 11.9. The standard InChI is InChI=1S/C19H34N6O/c1-7-20-18(23-14-17(26)24-19(4,5)6)22-13-15-10-11-16(21-12-15)25(8-2)9-3/h10-12H,7-9,13-14H2,1-6H3,(H,24,26)(H2,20,22,23). The van der Waals surface area contributed by atoms with Gasteiger partial charge in [0.25, 0.3) is 0 Å². The van der Waals surface area contributed by atoms with E-state index in [-0.39, 0.29) is 18.0 Å². The zero-order chi connectivity index (χ0) is 19.6. The van der Waals surface area contributed by atoms with E-state index in [4.69, 9.17) is 0 Å². The molecule has 0 saturated heterocycles. The van der Waals surface area contributed by atoms with Gasteiger partial charge in [0.15, 0.2) is 5.96 Å². The van der Waals surface area contributed by atoms with Gasteiger partial charge >= 0.3 is 0 Å². The van der Waals surface area contributed by atoms with Crippen LogP contribution >= 0.6 is 0 Å². The molecule has 26 heavy (non-hydrogen) atoms. The first-order valence-corrected chi connectivity index (χ1v) is 9.32. The van der Waals surface area contributed by atoms with E-state index in [2.05, 4.69) is 44.7 Å². The molecule has 0 saturated carbocycles. The van der Waals surface area contributed by atoms with Gasteiger partial charge in [-0.05, 0) is 53.2 Å². The highest BCUT2D eigenvalue weighted by Crippen LogP contribution is 2.11. The first-order valence-electron chi connectivity index (χ1n) is 9.32. The summed E-state index contributed by atoms with van der Waals surface area (Å²) < 4.78 is 0. The topological polar surface area (TPSA) is 81.7 Å². The molecule has 146 valence electrons. The Morgan fingerprint density at radius 2 is 1.85 bits per heavy atom. The van der Waals surface area contributed by atoms with E-state index in [1.165, 1.54) is 0 Å². The quantitative estimate of drug-likeness (QED) is 0.486. The minimum Gasteiger partial charge on any atom is -0.357 e. The third kappa shape index (κ3) is 8.18. The van der Waals surface area contributed by atoms with Gasteiger partial charge in [-0.25, -0.2) is 9.98 Å². The second-order valence-corrected chi connectivity index (χ2v) is 7.04. The number of amides is 1. The Bertz CT molecular complexity index is 573. The van der Waals surface area contributed by atoms with E-state index in [1.54, 1.807) is 0 Å². The highest BCUT2D eigenvalue weighted by molar-refractivity contribution is 5.86. The Hall–Kier alpha value is -2.31. The van der Waals surface area contributed by atoms with Gasteiger partial charge in [-0.1, -0.05) is 6.07 Å². The van der Waals surface area contributed by atoms with Gasteiger partial charge in [-0.3, -0.25) is 4.79 Å². The summed E-state index contributed by atoms with van der Waals surface area (Å²) in [5.74, 6) is 1.53. The van der Waals surface area contributed by atoms with Crippen molar-refractivity contribution >= 4 is 17.7 Å². The number of guanidine groups is 1. The molecule has 0 fully saturated rings. The van der Waals surface area contributed by atoms with Crippen molar-refractivity contribution in [1.82, 2.24) is 20.9 Å². The summed E-state index contributed by atoms with van der Waals surface area (Å²) in [4.78, 5) is 23.2. The van der Waals surface area contributed by atoms with E-state index in [0.717, 1.165) is 31.0 Å². The molecule has 0 atom stereocenters. The number of aromatic nitrogens is 1. The van der Waals surface area contributed by atoms with Gasteiger partial charge in [0.1, 0.15) is 5.82 Å². The van der Waals surface area contributed by atoms with E-state index in [9.17, 15) is 4.79 Å². The van der Waals surface area contributed by atoms with Crippen LogP contribution in [0.4, 0.5) is 5.82 Å². The lowest BCUT2D eigenvalue weighted by Gasteiger charge is -2.21. The van der Waals surface area contributed by atoms with Crippen molar-refractivity contribution in [3.05, 3.63) is 23.9 Å². The van der Waals surface area contributed by atoms with Crippen LogP contribution in [0.2, 0.25) is 0 Å². The normalized spacial score (nSPS) is 11.8. The molecule has 0 spiro atoms. The van der Waals surface area contributed by atoms with E-state index in [1.807, 2.05) is 46.0 Å². The monoisotopic (exact) mass is 362 g/mol.